The molecule has 4 aromatic rings. The van der Waals surface area contributed by atoms with Crippen LogP contribution in [0.2, 0.25) is 0 Å². The molecule has 2 N–H and O–H groups in total. The minimum atomic E-state index is -0.564. The number of fused-ring (bicyclic) bond motifs is 1. The Morgan fingerprint density at radius 1 is 1.10 bits per heavy atom. The number of nitrogens with one attached hydrogen (secondary N) is 2. The molecule has 1 amide bonds. The van der Waals surface area contributed by atoms with E-state index < -0.39 is 10.8 Å². The Labute approximate surface area is 242 Å². The van der Waals surface area contributed by atoms with Crippen LogP contribution in [0.5, 0.6) is 5.75 Å². The van der Waals surface area contributed by atoms with Gasteiger partial charge < -0.3 is 19.4 Å². The third-order valence-corrected chi connectivity index (χ3v) is 7.34. The smallest absolute Gasteiger partial charge is 0.293 e. The maximum Gasteiger partial charge on any atom is 0.293 e. The maximum atomic E-state index is 13.0. The Hall–Kier alpha value is -4.51. The van der Waals surface area contributed by atoms with Gasteiger partial charge in [-0.25, -0.2) is 4.98 Å². The molecule has 0 aliphatic carbocycles. The Bertz CT molecular complexity index is 1630. The number of piperidine rings is 1. The van der Waals surface area contributed by atoms with Crippen molar-refractivity contribution in [3.8, 4) is 17.2 Å². The first-order valence-corrected chi connectivity index (χ1v) is 13.9. The van der Waals surface area contributed by atoms with Gasteiger partial charge in [-0.05, 0) is 85.4 Å². The number of aromatic nitrogens is 1. The third kappa shape index (κ3) is 6.14. The van der Waals surface area contributed by atoms with Crippen LogP contribution >= 0.6 is 12.2 Å². The Balaban J connectivity index is 1.33. The summed E-state index contributed by atoms with van der Waals surface area (Å²) in [4.78, 5) is 31.0. The van der Waals surface area contributed by atoms with Crippen molar-refractivity contribution in [1.29, 1.82) is 0 Å². The summed E-state index contributed by atoms with van der Waals surface area (Å²) in [6.07, 6.45) is 3.07. The molecule has 10 nitrogen and oxygen atoms in total. The zero-order valence-corrected chi connectivity index (χ0v) is 23.9. The van der Waals surface area contributed by atoms with Crippen LogP contribution in [-0.4, -0.2) is 41.1 Å². The number of nitro groups is 1. The molecule has 1 aliphatic heterocycles. The fourth-order valence-corrected chi connectivity index (χ4v) is 5.11. The van der Waals surface area contributed by atoms with E-state index in [0.29, 0.717) is 40.1 Å². The van der Waals surface area contributed by atoms with Gasteiger partial charge >= 0.3 is 0 Å². The van der Waals surface area contributed by atoms with Gasteiger partial charge in [0.25, 0.3) is 11.6 Å². The van der Waals surface area contributed by atoms with Gasteiger partial charge in [-0.15, -0.1) is 0 Å². The van der Waals surface area contributed by atoms with E-state index in [1.165, 1.54) is 18.7 Å². The second kappa shape index (κ2) is 11.9. The number of oxazole rings is 1. The molecule has 0 unspecified atom stereocenters. The Kier molecular flexibility index (Phi) is 8.16. The number of nitro benzene ring substituents is 1. The first kappa shape index (κ1) is 28.0. The van der Waals surface area contributed by atoms with Gasteiger partial charge in [-0.3, -0.25) is 20.2 Å². The standard InChI is InChI=1S/C30H31N5O5S/c1-18(2)19-8-12-27-23(15-19)31-29(40-27)21-9-11-26(39-3)22(16-21)32-30(41)33-28(36)20-7-10-24(25(17-20)35(37)38)34-13-5-4-6-14-34/h7-12,15-18H,4-6,13-14H2,1-3H3,(H2,32,33,36,41). The average molecular weight is 574 g/mol. The molecular formula is C30H31N5O5S. The van der Waals surface area contributed by atoms with Crippen molar-refractivity contribution in [1.82, 2.24) is 10.3 Å². The number of amides is 1. The first-order valence-electron chi connectivity index (χ1n) is 13.5. The summed E-state index contributed by atoms with van der Waals surface area (Å²) in [5.74, 6) is 0.727. The summed E-state index contributed by atoms with van der Waals surface area (Å²) in [6, 6.07) is 15.8. The molecule has 5 rings (SSSR count). The van der Waals surface area contributed by atoms with E-state index in [0.717, 1.165) is 37.9 Å². The number of rotatable bonds is 7. The molecule has 212 valence electrons. The molecule has 1 fully saturated rings. The molecule has 1 aromatic heterocycles. The molecule has 0 spiro atoms. The number of ether oxygens (including phenoxy) is 1. The lowest BCUT2D eigenvalue weighted by Crippen LogP contribution is -2.34. The van der Waals surface area contributed by atoms with Crippen LogP contribution in [0.3, 0.4) is 0 Å². The minimum absolute atomic E-state index is 0.00681. The molecule has 0 atom stereocenters. The van der Waals surface area contributed by atoms with Crippen LogP contribution in [-0.2, 0) is 0 Å². The number of carbonyl (C=O) groups is 1. The van der Waals surface area contributed by atoms with E-state index in [9.17, 15) is 14.9 Å². The van der Waals surface area contributed by atoms with Crippen molar-refractivity contribution >= 4 is 51.4 Å². The van der Waals surface area contributed by atoms with E-state index in [4.69, 9.17) is 21.4 Å². The van der Waals surface area contributed by atoms with Crippen molar-refractivity contribution < 1.29 is 18.9 Å². The number of hydrogen-bond donors (Lipinski definition) is 2. The highest BCUT2D eigenvalue weighted by molar-refractivity contribution is 7.80. The summed E-state index contributed by atoms with van der Waals surface area (Å²) in [5.41, 5.74) is 4.34. The molecule has 11 heteroatoms. The van der Waals surface area contributed by atoms with Gasteiger partial charge in [0, 0.05) is 30.3 Å². The van der Waals surface area contributed by atoms with E-state index in [2.05, 4.69) is 29.5 Å². The van der Waals surface area contributed by atoms with E-state index >= 15 is 0 Å². The Morgan fingerprint density at radius 3 is 2.59 bits per heavy atom. The van der Waals surface area contributed by atoms with Crippen LogP contribution in [0, 0.1) is 10.1 Å². The van der Waals surface area contributed by atoms with E-state index in [-0.39, 0.29) is 16.4 Å². The van der Waals surface area contributed by atoms with Gasteiger partial charge in [0.05, 0.1) is 17.7 Å². The van der Waals surface area contributed by atoms with Crippen molar-refractivity contribution in [2.75, 3.05) is 30.4 Å². The average Bonchev–Trinajstić information content (AvgIpc) is 3.41. The molecular weight excluding hydrogens is 542 g/mol. The summed E-state index contributed by atoms with van der Waals surface area (Å²) in [6.45, 7) is 5.75. The molecule has 41 heavy (non-hydrogen) atoms. The molecule has 1 saturated heterocycles. The number of nitrogens with zero attached hydrogens (tertiary/aromatic N) is 3. The van der Waals surface area contributed by atoms with Crippen LogP contribution in [0.4, 0.5) is 17.1 Å². The second-order valence-electron chi connectivity index (χ2n) is 10.2. The quantitative estimate of drug-likeness (QED) is 0.142. The summed E-state index contributed by atoms with van der Waals surface area (Å²) >= 11 is 5.40. The second-order valence-corrected chi connectivity index (χ2v) is 10.6. The summed E-state index contributed by atoms with van der Waals surface area (Å²) in [5, 5.41) is 17.4. The predicted octanol–water partition coefficient (Wildman–Crippen LogP) is 6.65. The van der Waals surface area contributed by atoms with Crippen molar-refractivity contribution in [3.05, 3.63) is 75.8 Å². The third-order valence-electron chi connectivity index (χ3n) is 7.13. The van der Waals surface area contributed by atoms with Crippen molar-refractivity contribution in [2.45, 2.75) is 39.0 Å². The maximum absolute atomic E-state index is 13.0. The molecule has 0 saturated carbocycles. The van der Waals surface area contributed by atoms with Crippen LogP contribution < -0.4 is 20.3 Å². The lowest BCUT2D eigenvalue weighted by atomic mass is 10.0. The number of hydrogen-bond acceptors (Lipinski definition) is 8. The van der Waals surface area contributed by atoms with Gasteiger partial charge in [0.2, 0.25) is 5.89 Å². The predicted molar refractivity (Wildman–Crippen MR) is 163 cm³/mol. The van der Waals surface area contributed by atoms with Gasteiger partial charge in [-0.2, -0.15) is 0 Å². The largest absolute Gasteiger partial charge is 0.495 e. The molecule has 2 heterocycles. The van der Waals surface area contributed by atoms with Crippen molar-refractivity contribution in [2.24, 2.45) is 0 Å². The van der Waals surface area contributed by atoms with Crippen molar-refractivity contribution in [3.63, 3.8) is 0 Å². The monoisotopic (exact) mass is 573 g/mol. The minimum Gasteiger partial charge on any atom is -0.495 e. The molecule has 0 bridgehead atoms. The van der Waals surface area contributed by atoms with E-state index in [1.807, 2.05) is 29.2 Å². The van der Waals surface area contributed by atoms with Gasteiger partial charge in [-0.1, -0.05) is 19.9 Å². The highest BCUT2D eigenvalue weighted by atomic mass is 32.1. The highest BCUT2D eigenvalue weighted by Crippen LogP contribution is 2.33. The van der Waals surface area contributed by atoms with Gasteiger partial charge in [0.1, 0.15) is 17.0 Å². The van der Waals surface area contributed by atoms with E-state index in [1.54, 1.807) is 24.3 Å². The zero-order chi connectivity index (χ0) is 29.1. The molecule has 3 aromatic carbocycles. The number of carbonyl (C=O) groups excluding carboxylic acids is 1. The van der Waals surface area contributed by atoms with Crippen LogP contribution in [0.25, 0.3) is 22.6 Å². The van der Waals surface area contributed by atoms with Crippen LogP contribution in [0.1, 0.15) is 54.9 Å². The fourth-order valence-electron chi connectivity index (χ4n) is 4.91. The summed E-state index contributed by atoms with van der Waals surface area (Å²) < 4.78 is 11.5. The summed E-state index contributed by atoms with van der Waals surface area (Å²) in [7, 11) is 1.53. The number of benzene rings is 3. The number of methoxy groups -OCH3 is 1. The lowest BCUT2D eigenvalue weighted by Gasteiger charge is -2.28. The molecule has 1 aliphatic rings. The van der Waals surface area contributed by atoms with Gasteiger partial charge in [0.15, 0.2) is 10.7 Å². The SMILES string of the molecule is COc1ccc(-c2nc3cc(C(C)C)ccc3o2)cc1NC(=S)NC(=O)c1ccc(N2CCCCC2)c([N+](=O)[O-])c1. The number of anilines is 2. The first-order chi connectivity index (χ1) is 19.7. The highest BCUT2D eigenvalue weighted by Gasteiger charge is 2.23. The normalized spacial score (nSPS) is 13.3. The fraction of sp³-hybridized carbons (Fsp3) is 0.300. The van der Waals surface area contributed by atoms with Crippen LogP contribution in [0.15, 0.2) is 59.0 Å². The topological polar surface area (TPSA) is 123 Å². The molecule has 0 radical (unpaired) electrons. The lowest BCUT2D eigenvalue weighted by molar-refractivity contribution is -0.384. The number of thiocarbonyl (C=S) groups is 1. The zero-order valence-electron chi connectivity index (χ0n) is 23.1. The Morgan fingerprint density at radius 2 is 1.88 bits per heavy atom.